The molecule has 9 heteroatoms. The highest BCUT2D eigenvalue weighted by Crippen LogP contribution is 2.40. The molecular weight excluding hydrogens is 346 g/mol. The highest BCUT2D eigenvalue weighted by atomic mass is 16.2. The third-order valence-electron chi connectivity index (χ3n) is 5.56. The lowest BCUT2D eigenvalue weighted by molar-refractivity contribution is -0.120. The first-order valence-electron chi connectivity index (χ1n) is 9.64. The summed E-state index contributed by atoms with van der Waals surface area (Å²) in [5, 5.41) is 11.7. The third-order valence-corrected chi connectivity index (χ3v) is 5.56. The molecular formula is C18H23N7O2. The average Bonchev–Trinajstić information content (AvgIpc) is 3.58. The Morgan fingerprint density at radius 1 is 1.22 bits per heavy atom. The van der Waals surface area contributed by atoms with Crippen LogP contribution in [0.1, 0.15) is 54.3 Å². The molecule has 2 amide bonds. The van der Waals surface area contributed by atoms with Gasteiger partial charge in [-0.3, -0.25) is 19.2 Å². The van der Waals surface area contributed by atoms with E-state index < -0.39 is 11.9 Å². The lowest BCUT2D eigenvalue weighted by Gasteiger charge is -2.19. The van der Waals surface area contributed by atoms with Crippen LogP contribution >= 0.6 is 0 Å². The number of carbonyl (C=O) groups is 2. The number of anilines is 1. The maximum Gasteiger partial charge on any atom is 0.291 e. The van der Waals surface area contributed by atoms with Crippen molar-refractivity contribution < 1.29 is 9.59 Å². The fourth-order valence-corrected chi connectivity index (χ4v) is 3.57. The van der Waals surface area contributed by atoms with Gasteiger partial charge in [-0.2, -0.15) is 5.10 Å². The van der Waals surface area contributed by atoms with E-state index in [2.05, 4.69) is 20.5 Å². The Morgan fingerprint density at radius 3 is 2.78 bits per heavy atom. The maximum absolute atomic E-state index is 12.9. The van der Waals surface area contributed by atoms with Crippen molar-refractivity contribution in [3.8, 4) is 0 Å². The van der Waals surface area contributed by atoms with E-state index in [1.54, 1.807) is 23.0 Å². The van der Waals surface area contributed by atoms with Crippen LogP contribution in [0, 0.1) is 5.92 Å². The number of hydrogen-bond acceptors (Lipinski definition) is 5. The molecule has 27 heavy (non-hydrogen) atoms. The molecule has 1 aliphatic heterocycles. The average molecular weight is 369 g/mol. The van der Waals surface area contributed by atoms with E-state index in [4.69, 9.17) is 0 Å². The number of fused-ring (bicyclic) bond motifs is 1. The fourth-order valence-electron chi connectivity index (χ4n) is 3.57. The molecule has 3 aliphatic rings. The Bertz CT molecular complexity index is 893. The number of aromatic nitrogens is 5. The number of nitrogens with zero attached hydrogens (tertiary/aromatic N) is 6. The Hall–Kier alpha value is -2.71. The number of aryl methyl sites for hydroxylation is 1. The van der Waals surface area contributed by atoms with Gasteiger partial charge < -0.3 is 5.32 Å². The first-order valence-corrected chi connectivity index (χ1v) is 9.64. The molecule has 2 aromatic rings. The summed E-state index contributed by atoms with van der Waals surface area (Å²) in [6, 6.07) is 1.39. The lowest BCUT2D eigenvalue weighted by atomic mass is 10.2. The van der Waals surface area contributed by atoms with E-state index in [9.17, 15) is 9.59 Å². The van der Waals surface area contributed by atoms with Gasteiger partial charge in [-0.1, -0.05) is 0 Å². The van der Waals surface area contributed by atoms with Gasteiger partial charge in [0.2, 0.25) is 5.82 Å². The quantitative estimate of drug-likeness (QED) is 0.845. The van der Waals surface area contributed by atoms with Crippen LogP contribution < -0.4 is 10.2 Å². The molecule has 0 radical (unpaired) electrons. The molecule has 0 spiro atoms. The zero-order valence-electron chi connectivity index (χ0n) is 15.3. The van der Waals surface area contributed by atoms with Gasteiger partial charge in [0.15, 0.2) is 0 Å². The van der Waals surface area contributed by atoms with Gasteiger partial charge in [-0.05, 0) is 38.0 Å². The Labute approximate surface area is 156 Å². The molecule has 1 unspecified atom stereocenters. The van der Waals surface area contributed by atoms with E-state index in [0.717, 1.165) is 18.1 Å². The van der Waals surface area contributed by atoms with Crippen LogP contribution in [0.5, 0.6) is 0 Å². The molecule has 0 bridgehead atoms. The highest BCUT2D eigenvalue weighted by molar-refractivity contribution is 6.00. The summed E-state index contributed by atoms with van der Waals surface area (Å²) in [5.41, 5.74) is 1.07. The first kappa shape index (κ1) is 16.5. The second kappa shape index (κ2) is 6.17. The minimum atomic E-state index is -0.607. The molecule has 1 atom stereocenters. The Kier molecular flexibility index (Phi) is 3.76. The highest BCUT2D eigenvalue weighted by Gasteiger charge is 2.34. The summed E-state index contributed by atoms with van der Waals surface area (Å²) >= 11 is 0. The number of amides is 2. The van der Waals surface area contributed by atoms with Crippen LogP contribution in [-0.2, 0) is 17.9 Å². The number of carbonyl (C=O) groups excluding carboxylic acids is 2. The third kappa shape index (κ3) is 3.22. The zero-order chi connectivity index (χ0) is 18.5. The molecule has 1 N–H and O–H groups in total. The summed E-state index contributed by atoms with van der Waals surface area (Å²) in [5.74, 6) is 1.56. The smallest absolute Gasteiger partial charge is 0.291 e. The van der Waals surface area contributed by atoms with Crippen molar-refractivity contribution >= 4 is 17.6 Å². The zero-order valence-corrected chi connectivity index (χ0v) is 15.3. The largest absolute Gasteiger partial charge is 0.337 e. The predicted molar refractivity (Wildman–Crippen MR) is 96.2 cm³/mol. The number of nitrogens with one attached hydrogen (secondary N) is 1. The van der Waals surface area contributed by atoms with E-state index >= 15 is 0 Å². The normalized spacial score (nSPS) is 22.5. The van der Waals surface area contributed by atoms with Gasteiger partial charge in [0.25, 0.3) is 11.8 Å². The molecule has 0 aromatic carbocycles. The van der Waals surface area contributed by atoms with Crippen molar-refractivity contribution in [1.82, 2.24) is 29.9 Å². The SMILES string of the molecule is CN1C(=O)C(NC(=O)c2ncn(CC3CC3)n2)CCn2nc(C3CC3)cc21. The lowest BCUT2D eigenvalue weighted by Crippen LogP contribution is -2.47. The molecule has 3 heterocycles. The van der Waals surface area contributed by atoms with Crippen LogP contribution in [0.4, 0.5) is 5.82 Å². The van der Waals surface area contributed by atoms with Gasteiger partial charge in [0, 0.05) is 32.1 Å². The van der Waals surface area contributed by atoms with Crippen LogP contribution in [0.2, 0.25) is 0 Å². The maximum atomic E-state index is 12.9. The standard InChI is InChI=1S/C18H23N7O2/c1-23-15-8-14(12-4-5-12)21-25(15)7-6-13(18(23)27)20-17(26)16-19-10-24(22-16)9-11-2-3-11/h8,10-13H,2-7,9H2,1H3,(H,20,26). The fraction of sp³-hybridized carbons (Fsp3) is 0.611. The molecule has 0 saturated heterocycles. The molecule has 142 valence electrons. The van der Waals surface area contributed by atoms with Crippen LogP contribution in [0.3, 0.4) is 0 Å². The Balaban J connectivity index is 1.27. The monoisotopic (exact) mass is 369 g/mol. The van der Waals surface area contributed by atoms with E-state index in [0.29, 0.717) is 24.8 Å². The van der Waals surface area contributed by atoms with Crippen LogP contribution in [-0.4, -0.2) is 49.4 Å². The van der Waals surface area contributed by atoms with E-state index in [1.165, 1.54) is 25.7 Å². The second-order valence-electron chi connectivity index (χ2n) is 7.87. The van der Waals surface area contributed by atoms with Crippen molar-refractivity contribution in [2.75, 3.05) is 11.9 Å². The molecule has 2 fully saturated rings. The van der Waals surface area contributed by atoms with Gasteiger partial charge in [-0.15, -0.1) is 5.10 Å². The van der Waals surface area contributed by atoms with Gasteiger partial charge in [0.05, 0.1) is 5.69 Å². The molecule has 2 saturated carbocycles. The van der Waals surface area contributed by atoms with Crippen LogP contribution in [0.15, 0.2) is 12.4 Å². The van der Waals surface area contributed by atoms with Crippen LogP contribution in [0.25, 0.3) is 0 Å². The van der Waals surface area contributed by atoms with Crippen molar-refractivity contribution in [1.29, 1.82) is 0 Å². The summed E-state index contributed by atoms with van der Waals surface area (Å²) in [6.07, 6.45) is 6.85. The number of rotatable bonds is 5. The van der Waals surface area contributed by atoms with Gasteiger partial charge in [0.1, 0.15) is 18.2 Å². The molecule has 5 rings (SSSR count). The minimum absolute atomic E-state index is 0.115. The van der Waals surface area contributed by atoms with Crippen molar-refractivity contribution in [2.45, 2.75) is 57.2 Å². The van der Waals surface area contributed by atoms with E-state index in [-0.39, 0.29) is 11.7 Å². The second-order valence-corrected chi connectivity index (χ2v) is 7.87. The number of likely N-dealkylation sites (N-methyl/N-ethyl adjacent to an activating group) is 1. The van der Waals surface area contributed by atoms with Crippen molar-refractivity contribution in [3.63, 3.8) is 0 Å². The van der Waals surface area contributed by atoms with Crippen molar-refractivity contribution in [2.24, 2.45) is 5.92 Å². The first-order chi connectivity index (χ1) is 13.1. The number of hydrogen-bond donors (Lipinski definition) is 1. The van der Waals surface area contributed by atoms with Gasteiger partial charge >= 0.3 is 0 Å². The molecule has 2 aliphatic carbocycles. The van der Waals surface area contributed by atoms with E-state index in [1.807, 2.05) is 10.7 Å². The van der Waals surface area contributed by atoms with Gasteiger partial charge in [-0.25, -0.2) is 9.67 Å². The Morgan fingerprint density at radius 2 is 2.04 bits per heavy atom. The molecule has 9 nitrogen and oxygen atoms in total. The summed E-state index contributed by atoms with van der Waals surface area (Å²) in [6.45, 7) is 1.39. The summed E-state index contributed by atoms with van der Waals surface area (Å²) in [7, 11) is 1.74. The topological polar surface area (TPSA) is 97.9 Å². The predicted octanol–water partition coefficient (Wildman–Crippen LogP) is 0.927. The summed E-state index contributed by atoms with van der Waals surface area (Å²) in [4.78, 5) is 31.1. The van der Waals surface area contributed by atoms with Crippen molar-refractivity contribution in [3.05, 3.63) is 23.9 Å². The summed E-state index contributed by atoms with van der Waals surface area (Å²) < 4.78 is 3.59. The minimum Gasteiger partial charge on any atom is -0.337 e. The molecule has 2 aromatic heterocycles.